The van der Waals surface area contributed by atoms with Crippen LogP contribution in [0.15, 0.2) is 6.07 Å². The van der Waals surface area contributed by atoms with Gasteiger partial charge in [0.05, 0.1) is 6.54 Å². The molecule has 0 bridgehead atoms. The molecule has 0 radical (unpaired) electrons. The number of anilines is 1. The lowest BCUT2D eigenvalue weighted by atomic mass is 9.93. The first kappa shape index (κ1) is 17.0. The molecule has 1 aliphatic carbocycles. The summed E-state index contributed by atoms with van der Waals surface area (Å²) in [6.07, 6.45) is -0.346. The Bertz CT molecular complexity index is 593. The van der Waals surface area contributed by atoms with Crippen LogP contribution < -0.4 is 10.2 Å². The second-order valence-corrected chi connectivity index (χ2v) is 6.63. The highest BCUT2D eigenvalue weighted by Crippen LogP contribution is 2.39. The number of piperidine rings is 1. The van der Waals surface area contributed by atoms with Gasteiger partial charge in [-0.1, -0.05) is 0 Å². The molecule has 8 heteroatoms. The maximum atomic E-state index is 14.7. The second kappa shape index (κ2) is 6.57. The quantitative estimate of drug-likeness (QED) is 0.894. The Morgan fingerprint density at radius 1 is 1.38 bits per heavy atom. The molecular weight excluding hydrogens is 321 g/mol. The minimum absolute atomic E-state index is 0.0183. The third kappa shape index (κ3) is 3.96. The van der Waals surface area contributed by atoms with Gasteiger partial charge in [0.25, 0.3) is 6.43 Å². The van der Waals surface area contributed by atoms with Gasteiger partial charge in [0, 0.05) is 44.8 Å². The molecule has 24 heavy (non-hydrogen) atoms. The Morgan fingerprint density at radius 3 is 2.58 bits per heavy atom. The van der Waals surface area contributed by atoms with Gasteiger partial charge in [-0.25, -0.2) is 23.1 Å². The van der Waals surface area contributed by atoms with Gasteiger partial charge in [-0.3, -0.25) is 4.79 Å². The number of nitrogens with one attached hydrogen (secondary N) is 1. The van der Waals surface area contributed by atoms with Crippen LogP contribution in [0.4, 0.5) is 19.0 Å². The third-order valence-electron chi connectivity index (χ3n) is 4.55. The first-order chi connectivity index (χ1) is 11.4. The molecule has 0 spiro atoms. The number of carbonyl (C=O) groups excluding carboxylic acids is 1. The van der Waals surface area contributed by atoms with Gasteiger partial charge in [-0.05, 0) is 12.8 Å². The van der Waals surface area contributed by atoms with Crippen LogP contribution in [0.5, 0.6) is 0 Å². The molecule has 1 N–H and O–H groups in total. The van der Waals surface area contributed by atoms with Crippen LogP contribution >= 0.6 is 0 Å². The van der Waals surface area contributed by atoms with Crippen molar-refractivity contribution in [3.8, 4) is 0 Å². The van der Waals surface area contributed by atoms with E-state index in [2.05, 4.69) is 15.3 Å². The number of carbonyl (C=O) groups is 1. The molecule has 132 valence electrons. The van der Waals surface area contributed by atoms with E-state index in [4.69, 9.17) is 0 Å². The monoisotopic (exact) mass is 342 g/mol. The average Bonchev–Trinajstić information content (AvgIpc) is 3.38. The number of hydrogen-bond donors (Lipinski definition) is 1. The number of halogens is 3. The van der Waals surface area contributed by atoms with Gasteiger partial charge in [0.1, 0.15) is 23.0 Å². The van der Waals surface area contributed by atoms with Crippen molar-refractivity contribution < 1.29 is 18.0 Å². The Kier molecular flexibility index (Phi) is 4.64. The predicted molar refractivity (Wildman–Crippen MR) is 82.9 cm³/mol. The smallest absolute Gasteiger partial charge is 0.280 e. The summed E-state index contributed by atoms with van der Waals surface area (Å²) in [5, 5.41) is 2.51. The Hall–Kier alpha value is -1.86. The van der Waals surface area contributed by atoms with Crippen LogP contribution in [-0.2, 0) is 4.79 Å². The zero-order valence-electron chi connectivity index (χ0n) is 13.6. The van der Waals surface area contributed by atoms with E-state index in [0.717, 1.165) is 12.8 Å². The largest absolute Gasteiger partial charge is 0.356 e. The highest BCUT2D eigenvalue weighted by Gasteiger charge is 2.36. The zero-order valence-corrected chi connectivity index (χ0v) is 13.6. The van der Waals surface area contributed by atoms with Crippen molar-refractivity contribution in [1.82, 2.24) is 15.3 Å². The highest BCUT2D eigenvalue weighted by atomic mass is 19.3. The van der Waals surface area contributed by atoms with Gasteiger partial charge in [0.2, 0.25) is 5.91 Å². The molecule has 5 nitrogen and oxygen atoms in total. The highest BCUT2D eigenvalue weighted by molar-refractivity contribution is 5.72. The molecule has 0 atom stereocenters. The predicted octanol–water partition coefficient (Wildman–Crippen LogP) is 2.74. The summed E-state index contributed by atoms with van der Waals surface area (Å²) in [5.41, 5.74) is -1.72. The molecule has 2 aliphatic rings. The molecular formula is C16H21F3N4O. The van der Waals surface area contributed by atoms with Gasteiger partial charge in [0.15, 0.2) is 0 Å². The third-order valence-corrected chi connectivity index (χ3v) is 4.55. The van der Waals surface area contributed by atoms with E-state index in [1.807, 2.05) is 4.90 Å². The first-order valence-electron chi connectivity index (χ1n) is 8.22. The molecule has 2 fully saturated rings. The molecule has 1 aliphatic heterocycles. The number of amides is 1. The van der Waals surface area contributed by atoms with E-state index in [0.29, 0.717) is 24.7 Å². The van der Waals surface area contributed by atoms with E-state index in [-0.39, 0.29) is 36.9 Å². The number of alkyl halides is 3. The Labute approximate surface area is 138 Å². The maximum absolute atomic E-state index is 14.7. The molecule has 0 unspecified atom stereocenters. The fourth-order valence-electron chi connectivity index (χ4n) is 2.87. The van der Waals surface area contributed by atoms with E-state index >= 15 is 0 Å². The topological polar surface area (TPSA) is 58.1 Å². The van der Waals surface area contributed by atoms with Crippen molar-refractivity contribution in [2.24, 2.45) is 0 Å². The molecule has 1 aromatic rings. The fraction of sp³-hybridized carbons (Fsp3) is 0.688. The fourth-order valence-corrected chi connectivity index (χ4v) is 2.87. The van der Waals surface area contributed by atoms with E-state index in [1.54, 1.807) is 0 Å². The summed E-state index contributed by atoms with van der Waals surface area (Å²) in [6, 6.07) is 1.30. The van der Waals surface area contributed by atoms with Crippen molar-refractivity contribution in [1.29, 1.82) is 0 Å². The standard InChI is InChI=1S/C16H21F3N4O/c1-10(24)20-9-16(19)4-6-23(7-5-16)13-8-12(14(17)18)21-15(22-13)11-2-3-11/h8,11,14H,2-7,9H2,1H3,(H,20,24). The van der Waals surface area contributed by atoms with E-state index in [9.17, 15) is 18.0 Å². The van der Waals surface area contributed by atoms with Gasteiger partial charge < -0.3 is 10.2 Å². The van der Waals surface area contributed by atoms with Gasteiger partial charge in [-0.15, -0.1) is 0 Å². The van der Waals surface area contributed by atoms with Crippen LogP contribution in [0.3, 0.4) is 0 Å². The molecule has 2 heterocycles. The molecule has 1 amide bonds. The van der Waals surface area contributed by atoms with Crippen LogP contribution in [-0.4, -0.2) is 41.2 Å². The van der Waals surface area contributed by atoms with Crippen LogP contribution in [0.25, 0.3) is 0 Å². The minimum atomic E-state index is -2.64. The normalized spacial score (nSPS) is 20.3. The summed E-state index contributed by atoms with van der Waals surface area (Å²) in [4.78, 5) is 21.1. The number of rotatable bonds is 5. The molecule has 3 rings (SSSR count). The second-order valence-electron chi connectivity index (χ2n) is 6.63. The lowest BCUT2D eigenvalue weighted by Gasteiger charge is -2.37. The molecule has 0 aromatic carbocycles. The van der Waals surface area contributed by atoms with E-state index in [1.165, 1.54) is 13.0 Å². The summed E-state index contributed by atoms with van der Waals surface area (Å²) >= 11 is 0. The molecule has 1 aromatic heterocycles. The molecule has 1 saturated carbocycles. The van der Waals surface area contributed by atoms with Crippen LogP contribution in [0.2, 0.25) is 0 Å². The Morgan fingerprint density at radius 2 is 2.04 bits per heavy atom. The van der Waals surface area contributed by atoms with E-state index < -0.39 is 12.1 Å². The molecule has 1 saturated heterocycles. The first-order valence-corrected chi connectivity index (χ1v) is 8.22. The average molecular weight is 342 g/mol. The number of hydrogen-bond acceptors (Lipinski definition) is 4. The zero-order chi connectivity index (χ0) is 17.3. The number of aromatic nitrogens is 2. The van der Waals surface area contributed by atoms with Gasteiger partial charge in [-0.2, -0.15) is 0 Å². The lowest BCUT2D eigenvalue weighted by molar-refractivity contribution is -0.119. The lowest BCUT2D eigenvalue weighted by Crippen LogP contribution is -2.48. The van der Waals surface area contributed by atoms with Gasteiger partial charge >= 0.3 is 0 Å². The summed E-state index contributed by atoms with van der Waals surface area (Å²) in [7, 11) is 0. The van der Waals surface area contributed by atoms with Crippen LogP contribution in [0.1, 0.15) is 56.5 Å². The summed E-state index contributed by atoms with van der Waals surface area (Å²) < 4.78 is 40.8. The van der Waals surface area contributed by atoms with Crippen molar-refractivity contribution in [3.05, 3.63) is 17.6 Å². The SMILES string of the molecule is CC(=O)NCC1(F)CCN(c2cc(C(F)F)nc(C3CC3)n2)CC1. The minimum Gasteiger partial charge on any atom is -0.356 e. The number of nitrogens with zero attached hydrogens (tertiary/aromatic N) is 3. The summed E-state index contributed by atoms with van der Waals surface area (Å²) in [5.74, 6) is 0.829. The van der Waals surface area contributed by atoms with Crippen molar-refractivity contribution in [3.63, 3.8) is 0 Å². The summed E-state index contributed by atoms with van der Waals surface area (Å²) in [6.45, 7) is 2.08. The maximum Gasteiger partial charge on any atom is 0.280 e. The van der Waals surface area contributed by atoms with Crippen molar-refractivity contribution in [2.75, 3.05) is 24.5 Å². The van der Waals surface area contributed by atoms with Crippen LogP contribution in [0, 0.1) is 0 Å². The van der Waals surface area contributed by atoms with Crippen molar-refractivity contribution >= 4 is 11.7 Å². The van der Waals surface area contributed by atoms with Crippen molar-refractivity contribution in [2.45, 2.75) is 50.6 Å². The Balaban J connectivity index is 1.70.